The number of benzene rings is 3. The number of carboxylic acid groups (broad SMARTS) is 1. The molecule has 0 aliphatic heterocycles. The lowest BCUT2D eigenvalue weighted by Crippen LogP contribution is -2.33. The Morgan fingerprint density at radius 3 is 2.35 bits per heavy atom. The number of alkyl halides is 3. The Hall–Kier alpha value is -5.53. The van der Waals surface area contributed by atoms with Gasteiger partial charge in [-0.15, -0.1) is 0 Å². The summed E-state index contributed by atoms with van der Waals surface area (Å²) in [5, 5.41) is 18.4. The lowest BCUT2D eigenvalue weighted by molar-refractivity contribution is -0.192. The van der Waals surface area contributed by atoms with Crippen LogP contribution in [0.1, 0.15) is 44.9 Å². The predicted octanol–water partition coefficient (Wildman–Crippen LogP) is 6.11. The van der Waals surface area contributed by atoms with Crippen LogP contribution in [0.15, 0.2) is 72.9 Å². The third-order valence-corrected chi connectivity index (χ3v) is 6.51. The smallest absolute Gasteiger partial charge is 0.490 e. The van der Waals surface area contributed by atoms with E-state index in [1.54, 1.807) is 6.20 Å². The van der Waals surface area contributed by atoms with Crippen molar-refractivity contribution in [1.82, 2.24) is 10.3 Å². The number of anilines is 3. The molecule has 0 aliphatic rings. The number of halogens is 3. The number of nitrogen functional groups attached to an aromatic ring is 1. The first-order chi connectivity index (χ1) is 22.7. The van der Waals surface area contributed by atoms with Gasteiger partial charge in [-0.3, -0.25) is 9.59 Å². The molecule has 0 aliphatic carbocycles. The maximum Gasteiger partial charge on any atom is 0.490 e. The molecule has 0 saturated heterocycles. The Morgan fingerprint density at radius 2 is 1.71 bits per heavy atom. The maximum absolute atomic E-state index is 13.7. The topological polar surface area (TPSA) is 165 Å². The van der Waals surface area contributed by atoms with Gasteiger partial charge in [0.25, 0.3) is 0 Å². The highest BCUT2D eigenvalue weighted by Crippen LogP contribution is 2.33. The Balaban J connectivity index is 0.000000804. The van der Waals surface area contributed by atoms with Crippen LogP contribution in [0.25, 0.3) is 10.8 Å². The largest absolute Gasteiger partial charge is 0.490 e. The minimum absolute atomic E-state index is 0.0301. The number of amides is 1. The normalized spacial score (nSPS) is 11.6. The zero-order chi connectivity index (χ0) is 35.4. The van der Waals surface area contributed by atoms with Crippen LogP contribution in [0, 0.1) is 0 Å². The van der Waals surface area contributed by atoms with E-state index in [2.05, 4.69) is 20.9 Å². The second-order valence-corrected chi connectivity index (χ2v) is 10.8. The molecular formula is C34H38F3N5O6. The molecule has 1 atom stereocenters. The van der Waals surface area contributed by atoms with Gasteiger partial charge in [-0.1, -0.05) is 18.2 Å². The molecule has 256 valence electrons. The fourth-order valence-corrected chi connectivity index (χ4v) is 4.39. The number of ether oxygens (including phenoxy) is 2. The quantitative estimate of drug-likeness (QED) is 0.112. The van der Waals surface area contributed by atoms with Gasteiger partial charge in [-0.2, -0.15) is 13.2 Å². The summed E-state index contributed by atoms with van der Waals surface area (Å²) in [6, 6.07) is 20.0. The number of nitrogens with zero attached hydrogens (tertiary/aromatic N) is 1. The molecule has 0 radical (unpaired) electrons. The number of nitrogens with two attached hydrogens (primary N) is 1. The lowest BCUT2D eigenvalue weighted by Gasteiger charge is -2.22. The number of carbonyl (C=O) groups excluding carboxylic acids is 2. The molecule has 1 heterocycles. The second-order valence-electron chi connectivity index (χ2n) is 10.8. The van der Waals surface area contributed by atoms with Crippen LogP contribution in [-0.4, -0.2) is 53.2 Å². The summed E-state index contributed by atoms with van der Waals surface area (Å²) in [5.41, 5.74) is 9.21. The average Bonchev–Trinajstić information content (AvgIpc) is 3.02. The fourth-order valence-electron chi connectivity index (χ4n) is 4.39. The number of ketones is 1. The number of carboxylic acids is 1. The Morgan fingerprint density at radius 1 is 0.979 bits per heavy atom. The molecular weight excluding hydrogens is 631 g/mol. The summed E-state index contributed by atoms with van der Waals surface area (Å²) in [6.07, 6.45) is -3.45. The van der Waals surface area contributed by atoms with Crippen molar-refractivity contribution < 1.29 is 42.1 Å². The number of hydrogen-bond acceptors (Lipinski definition) is 9. The Labute approximate surface area is 275 Å². The van der Waals surface area contributed by atoms with Crippen molar-refractivity contribution >= 4 is 45.6 Å². The predicted molar refractivity (Wildman–Crippen MR) is 177 cm³/mol. The molecule has 6 N–H and O–H groups in total. The molecule has 3 aromatic carbocycles. The molecule has 1 aromatic heterocycles. The number of fused-ring (bicyclic) bond motifs is 1. The van der Waals surface area contributed by atoms with E-state index in [1.165, 1.54) is 6.92 Å². The molecule has 4 rings (SSSR count). The van der Waals surface area contributed by atoms with E-state index < -0.39 is 18.2 Å². The molecule has 14 heteroatoms. The van der Waals surface area contributed by atoms with Crippen LogP contribution in [0.5, 0.6) is 11.5 Å². The van der Waals surface area contributed by atoms with Gasteiger partial charge in [0.1, 0.15) is 17.6 Å². The number of nitrogens with one attached hydrogen (secondary N) is 3. The highest BCUT2D eigenvalue weighted by molar-refractivity contribution is 5.94. The summed E-state index contributed by atoms with van der Waals surface area (Å²) >= 11 is 0. The van der Waals surface area contributed by atoms with Gasteiger partial charge >= 0.3 is 12.1 Å². The average molecular weight is 670 g/mol. The zero-order valence-electron chi connectivity index (χ0n) is 26.9. The number of rotatable bonds is 13. The zero-order valence-corrected chi connectivity index (χ0v) is 26.9. The molecule has 0 bridgehead atoms. The van der Waals surface area contributed by atoms with E-state index in [0.29, 0.717) is 36.0 Å². The van der Waals surface area contributed by atoms with Crippen LogP contribution in [0.2, 0.25) is 0 Å². The lowest BCUT2D eigenvalue weighted by atomic mass is 10.0. The molecule has 1 amide bonds. The van der Waals surface area contributed by atoms with Gasteiger partial charge in [-0.25, -0.2) is 9.78 Å². The summed E-state index contributed by atoms with van der Waals surface area (Å²) in [6.45, 7) is 8.35. The Bertz CT molecular complexity index is 1730. The van der Waals surface area contributed by atoms with E-state index in [0.717, 1.165) is 27.7 Å². The summed E-state index contributed by atoms with van der Waals surface area (Å²) in [4.78, 5) is 38.1. The minimum Gasteiger partial charge on any atom is -0.490 e. The number of carbonyl (C=O) groups is 3. The summed E-state index contributed by atoms with van der Waals surface area (Å²) in [7, 11) is 0. The van der Waals surface area contributed by atoms with E-state index in [-0.39, 0.29) is 24.3 Å². The van der Waals surface area contributed by atoms with Crippen molar-refractivity contribution in [1.29, 1.82) is 0 Å². The molecule has 4 aromatic rings. The van der Waals surface area contributed by atoms with Gasteiger partial charge < -0.3 is 36.3 Å². The Kier molecular flexibility index (Phi) is 13.0. The minimum atomic E-state index is -5.08. The van der Waals surface area contributed by atoms with Gasteiger partial charge in [0, 0.05) is 29.5 Å². The van der Waals surface area contributed by atoms with E-state index in [9.17, 15) is 22.8 Å². The number of hydrogen-bond donors (Lipinski definition) is 5. The maximum atomic E-state index is 13.7. The summed E-state index contributed by atoms with van der Waals surface area (Å²) < 4.78 is 43.5. The van der Waals surface area contributed by atoms with E-state index in [1.807, 2.05) is 87.5 Å². The van der Waals surface area contributed by atoms with Crippen LogP contribution >= 0.6 is 0 Å². The van der Waals surface area contributed by atoms with E-state index in [4.69, 9.17) is 25.1 Å². The van der Waals surface area contributed by atoms with Gasteiger partial charge in [0.2, 0.25) is 5.91 Å². The third-order valence-electron chi connectivity index (χ3n) is 6.51. The van der Waals surface area contributed by atoms with Crippen molar-refractivity contribution in [3.8, 4) is 11.5 Å². The molecule has 0 saturated carbocycles. The SMILES string of the molecule is CCOc1cc(C(Nc2ccc3c(N)nccc3c2)C(=O)NCc2cccc(NCC(C)=O)c2)ccc1OC(C)C.O=C(O)C(F)(F)F. The van der Waals surface area contributed by atoms with Crippen molar-refractivity contribution in [2.24, 2.45) is 0 Å². The molecule has 0 spiro atoms. The number of pyridine rings is 1. The first kappa shape index (κ1) is 36.9. The highest BCUT2D eigenvalue weighted by atomic mass is 19.4. The van der Waals surface area contributed by atoms with Crippen molar-refractivity contribution in [3.05, 3.63) is 84.1 Å². The van der Waals surface area contributed by atoms with Gasteiger partial charge in [-0.05, 0) is 92.7 Å². The third kappa shape index (κ3) is 11.1. The van der Waals surface area contributed by atoms with Crippen molar-refractivity contribution in [2.45, 2.75) is 52.6 Å². The standard InChI is InChI=1S/C32H37N5O4.C2HF3O2/c1-5-40-29-17-24(9-12-28(29)41-20(2)3)30(37-26-10-11-27-23(16-26)13-14-34-31(27)33)32(39)36-19-22-7-6-8-25(15-22)35-18-21(4)38;3-2(4,5)1(6)7/h6-17,20,30,35,37H,5,18-19H2,1-4H3,(H2,33,34)(H,36,39);(H,6,7). The van der Waals surface area contributed by atoms with Crippen LogP contribution in [0.4, 0.5) is 30.4 Å². The number of aliphatic carboxylic acids is 1. The van der Waals surface area contributed by atoms with Crippen LogP contribution in [0.3, 0.4) is 0 Å². The molecule has 48 heavy (non-hydrogen) atoms. The molecule has 11 nitrogen and oxygen atoms in total. The van der Waals surface area contributed by atoms with Crippen molar-refractivity contribution in [3.63, 3.8) is 0 Å². The van der Waals surface area contributed by atoms with Crippen molar-refractivity contribution in [2.75, 3.05) is 29.5 Å². The first-order valence-corrected chi connectivity index (χ1v) is 14.9. The first-order valence-electron chi connectivity index (χ1n) is 14.9. The van der Waals surface area contributed by atoms with Crippen LogP contribution in [-0.2, 0) is 20.9 Å². The number of Topliss-reactive ketones (excluding diaryl/α,β-unsaturated/α-hetero) is 1. The molecule has 0 fully saturated rings. The van der Waals surface area contributed by atoms with Gasteiger partial charge in [0.15, 0.2) is 11.5 Å². The van der Waals surface area contributed by atoms with Gasteiger partial charge in [0.05, 0.1) is 19.3 Å². The molecule has 1 unspecified atom stereocenters. The van der Waals surface area contributed by atoms with E-state index >= 15 is 0 Å². The second kappa shape index (κ2) is 16.9. The highest BCUT2D eigenvalue weighted by Gasteiger charge is 2.38. The van der Waals surface area contributed by atoms with Crippen LogP contribution < -0.4 is 31.2 Å². The monoisotopic (exact) mass is 669 g/mol. The summed E-state index contributed by atoms with van der Waals surface area (Å²) in [5.74, 6) is -1.30. The number of aromatic nitrogens is 1. The fraction of sp³-hybridized carbons (Fsp3) is 0.294.